The third-order valence-electron chi connectivity index (χ3n) is 16.7. The van der Waals surface area contributed by atoms with Crippen molar-refractivity contribution < 1.29 is 0 Å². The lowest BCUT2D eigenvalue weighted by Gasteiger charge is -2.32. The molecule has 0 fully saturated rings. The molecule has 1 spiro atoms. The Hall–Kier alpha value is -8.66. The Kier molecular flexibility index (Phi) is 8.06. The van der Waals surface area contributed by atoms with E-state index in [0.29, 0.717) is 0 Å². The molecule has 1 unspecified atom stereocenters. The molecule has 2 aliphatic rings. The van der Waals surface area contributed by atoms with Gasteiger partial charge in [0.15, 0.2) is 0 Å². The maximum Gasteiger partial charge on any atom is 0.0731 e. The van der Waals surface area contributed by atoms with Crippen molar-refractivity contribution in [2.45, 2.75) is 5.41 Å². The molecule has 73 heavy (non-hydrogen) atoms. The van der Waals surface area contributed by atoms with Gasteiger partial charge in [-0.1, -0.05) is 224 Å². The molecule has 0 saturated heterocycles. The normalized spacial score (nSPS) is 14.6. The first-order valence-corrected chi connectivity index (χ1v) is 27.0. The van der Waals surface area contributed by atoms with Gasteiger partial charge in [-0.3, -0.25) is 0 Å². The Balaban J connectivity index is 1.03. The van der Waals surface area contributed by atoms with Gasteiger partial charge in [0.2, 0.25) is 0 Å². The van der Waals surface area contributed by atoms with Crippen LogP contribution in [0.15, 0.2) is 243 Å². The zero-order valence-corrected chi connectivity index (χ0v) is 41.0. The van der Waals surface area contributed by atoms with E-state index in [4.69, 9.17) is 0 Å². The van der Waals surface area contributed by atoms with E-state index in [0.717, 1.165) is 0 Å². The molecule has 0 bridgehead atoms. The van der Waals surface area contributed by atoms with Crippen LogP contribution >= 0.6 is 22.7 Å². The van der Waals surface area contributed by atoms with Crippen LogP contribution in [-0.4, -0.2) is 0 Å². The molecule has 17 rings (SSSR count). The molecule has 2 heterocycles. The molecule has 336 valence electrons. The second kappa shape index (κ2) is 14.7. The van der Waals surface area contributed by atoms with Crippen LogP contribution in [0, 0.1) is 0 Å². The summed E-state index contributed by atoms with van der Waals surface area (Å²) >= 11 is 3.82. The Bertz CT molecular complexity index is 4760. The Morgan fingerprint density at radius 3 is 1.18 bits per heavy atom. The first kappa shape index (κ1) is 40.0. The minimum atomic E-state index is -0.554. The highest BCUT2D eigenvalue weighted by Crippen LogP contribution is 2.67. The second-order valence-corrected chi connectivity index (χ2v) is 22.1. The zero-order chi connectivity index (χ0) is 47.5. The van der Waals surface area contributed by atoms with Crippen molar-refractivity contribution in [3.8, 4) is 55.6 Å². The summed E-state index contributed by atoms with van der Waals surface area (Å²) in [5.41, 5.74) is 17.8. The van der Waals surface area contributed by atoms with E-state index in [1.807, 2.05) is 22.7 Å². The molecule has 13 aromatic carbocycles. The van der Waals surface area contributed by atoms with Gasteiger partial charge in [-0.05, 0) is 128 Å². The van der Waals surface area contributed by atoms with Crippen LogP contribution in [0.25, 0.3) is 139 Å². The monoisotopic (exact) mass is 956 g/mol. The predicted molar refractivity (Wildman–Crippen MR) is 315 cm³/mol. The first-order valence-electron chi connectivity index (χ1n) is 25.3. The minimum Gasteiger partial charge on any atom is -0.135 e. The molecule has 2 aromatic heterocycles. The fraction of sp³-hybridized carbons (Fsp3) is 0.0141. The fourth-order valence-electron chi connectivity index (χ4n) is 13.9. The molecular formula is C71H40S2. The van der Waals surface area contributed by atoms with Gasteiger partial charge in [0.05, 0.1) is 5.41 Å². The quantitative estimate of drug-likeness (QED) is 0.122. The van der Waals surface area contributed by atoms with Gasteiger partial charge in [-0.2, -0.15) is 0 Å². The van der Waals surface area contributed by atoms with Gasteiger partial charge in [-0.25, -0.2) is 0 Å². The van der Waals surface area contributed by atoms with Crippen LogP contribution in [-0.2, 0) is 5.41 Å². The highest BCUT2D eigenvalue weighted by molar-refractivity contribution is 7.26. The van der Waals surface area contributed by atoms with Crippen molar-refractivity contribution in [1.29, 1.82) is 0 Å². The summed E-state index contributed by atoms with van der Waals surface area (Å²) in [6.45, 7) is 0. The summed E-state index contributed by atoms with van der Waals surface area (Å²) in [6, 6.07) is 92.5. The van der Waals surface area contributed by atoms with Crippen LogP contribution < -0.4 is 0 Å². The van der Waals surface area contributed by atoms with E-state index in [1.165, 1.54) is 161 Å². The molecule has 0 N–H and O–H groups in total. The van der Waals surface area contributed by atoms with Crippen LogP contribution in [0.5, 0.6) is 0 Å². The van der Waals surface area contributed by atoms with E-state index >= 15 is 0 Å². The van der Waals surface area contributed by atoms with E-state index in [9.17, 15) is 0 Å². The summed E-state index contributed by atoms with van der Waals surface area (Å²) in [5.74, 6) is 0. The van der Waals surface area contributed by atoms with Gasteiger partial charge < -0.3 is 0 Å². The Morgan fingerprint density at radius 1 is 0.219 bits per heavy atom. The molecule has 1 atom stereocenters. The molecule has 15 aromatic rings. The van der Waals surface area contributed by atoms with Crippen molar-refractivity contribution in [2.75, 3.05) is 0 Å². The van der Waals surface area contributed by atoms with Crippen molar-refractivity contribution in [1.82, 2.24) is 0 Å². The van der Waals surface area contributed by atoms with E-state index < -0.39 is 5.41 Å². The topological polar surface area (TPSA) is 0 Å². The van der Waals surface area contributed by atoms with E-state index in [2.05, 4.69) is 243 Å². The number of hydrogen-bond donors (Lipinski definition) is 0. The highest BCUT2D eigenvalue weighted by Gasteiger charge is 2.53. The average molecular weight is 957 g/mol. The molecule has 0 radical (unpaired) electrons. The summed E-state index contributed by atoms with van der Waals surface area (Å²) in [6.07, 6.45) is 0. The van der Waals surface area contributed by atoms with Crippen molar-refractivity contribution >= 4 is 106 Å². The third kappa shape index (κ3) is 5.14. The largest absolute Gasteiger partial charge is 0.135 e. The maximum absolute atomic E-state index is 2.54. The number of hydrogen-bond acceptors (Lipinski definition) is 2. The van der Waals surface area contributed by atoms with E-state index in [1.54, 1.807) is 0 Å². The molecule has 0 nitrogen and oxygen atoms in total. The Morgan fingerprint density at radius 2 is 0.589 bits per heavy atom. The lowest BCUT2D eigenvalue weighted by molar-refractivity contribution is 0.802. The van der Waals surface area contributed by atoms with Crippen molar-refractivity contribution in [3.63, 3.8) is 0 Å². The van der Waals surface area contributed by atoms with Crippen LogP contribution in [0.1, 0.15) is 22.3 Å². The first-order chi connectivity index (χ1) is 36.3. The van der Waals surface area contributed by atoms with Gasteiger partial charge in [-0.15, -0.1) is 22.7 Å². The molecule has 0 aliphatic heterocycles. The van der Waals surface area contributed by atoms with Crippen LogP contribution in [0.3, 0.4) is 0 Å². The SMILES string of the molecule is c1ccc2c(c1)-c1c(-c3c4cccc(-c5cccc6c5sc5ccccc56)c4cc4c(-c5cccc6c5sc5ccccc56)cccc34)cccc1C21c2ccccc2-c2c1c1ccccc1c1ccccc21. The van der Waals surface area contributed by atoms with Gasteiger partial charge in [0.25, 0.3) is 0 Å². The average Bonchev–Trinajstić information content (AvgIpc) is 4.28. The van der Waals surface area contributed by atoms with Gasteiger partial charge >= 0.3 is 0 Å². The Labute approximate surface area is 429 Å². The minimum absolute atomic E-state index is 0.554. The smallest absolute Gasteiger partial charge is 0.0731 e. The zero-order valence-electron chi connectivity index (χ0n) is 39.4. The third-order valence-corrected chi connectivity index (χ3v) is 19.1. The molecule has 0 saturated carbocycles. The fourth-order valence-corrected chi connectivity index (χ4v) is 16.4. The summed E-state index contributed by atoms with van der Waals surface area (Å²) < 4.78 is 5.29. The number of rotatable bonds is 3. The molecular weight excluding hydrogens is 917 g/mol. The standard InChI is InChI=1S/C71H40S2/c1-3-22-47-41(18-1)42-19-2-4-23-50(42)68-67(47)56-25-6-10-36-61(56)71(68)60-35-9-5-24-55(60)66-57(34-17-37-62(66)71)65-48-28-13-26-43(51-30-15-32-53-45-20-7-11-38-63(45)72-69(51)53)58(48)40-59-44(27-14-29-49(59)65)52-31-16-33-54-46-21-8-12-39-64(46)73-70(52)54/h1-40H. The lowest BCUT2D eigenvalue weighted by atomic mass is 9.69. The summed E-state index contributed by atoms with van der Waals surface area (Å²) in [7, 11) is 0. The van der Waals surface area contributed by atoms with Gasteiger partial charge in [0, 0.05) is 51.5 Å². The van der Waals surface area contributed by atoms with Crippen molar-refractivity contribution in [2.24, 2.45) is 0 Å². The summed E-state index contributed by atoms with van der Waals surface area (Å²) in [4.78, 5) is 0. The second-order valence-electron chi connectivity index (χ2n) is 20.0. The highest BCUT2D eigenvalue weighted by atomic mass is 32.1. The molecule has 2 heteroatoms. The number of fused-ring (bicyclic) bond motifs is 23. The maximum atomic E-state index is 2.54. The van der Waals surface area contributed by atoms with Crippen LogP contribution in [0.4, 0.5) is 0 Å². The number of benzene rings is 13. The lowest BCUT2D eigenvalue weighted by Crippen LogP contribution is -2.26. The van der Waals surface area contributed by atoms with Gasteiger partial charge in [0.1, 0.15) is 0 Å². The molecule has 2 aliphatic carbocycles. The molecule has 0 amide bonds. The predicted octanol–water partition coefficient (Wildman–Crippen LogP) is 20.4. The van der Waals surface area contributed by atoms with E-state index in [-0.39, 0.29) is 0 Å². The van der Waals surface area contributed by atoms with Crippen LogP contribution in [0.2, 0.25) is 0 Å². The number of thiophene rings is 2. The van der Waals surface area contributed by atoms with Crippen molar-refractivity contribution in [3.05, 3.63) is 265 Å². The summed E-state index contributed by atoms with van der Waals surface area (Å²) in [5, 5.41) is 15.5.